The molecule has 0 aliphatic rings. The van der Waals surface area contributed by atoms with E-state index in [-0.39, 0.29) is 30.6 Å². The zero-order chi connectivity index (χ0) is 21.8. The Kier molecular flexibility index (Phi) is 9.42. The normalized spacial score (nSPS) is 17.1. The fourth-order valence-electron chi connectivity index (χ4n) is 2.26. The minimum Gasteiger partial charge on any atom is -0.462 e. The lowest BCUT2D eigenvalue weighted by Crippen LogP contribution is -2.51. The summed E-state index contributed by atoms with van der Waals surface area (Å²) in [6, 6.07) is -0.723. The van der Waals surface area contributed by atoms with Crippen molar-refractivity contribution >= 4 is 16.0 Å². The number of ether oxygens (including phenoxy) is 2. The van der Waals surface area contributed by atoms with Crippen LogP contribution in [0.5, 0.6) is 0 Å². The number of sulfonamides is 1. The van der Waals surface area contributed by atoms with E-state index in [4.69, 9.17) is 15.2 Å². The summed E-state index contributed by atoms with van der Waals surface area (Å²) in [7, 11) is -3.47. The molecular formula is C19H40N2O5S. The smallest absolute Gasteiger partial charge is 0.323 e. The summed E-state index contributed by atoms with van der Waals surface area (Å²) >= 11 is 0. The number of carbonyl (C=O) groups excluding carboxylic acids is 1. The summed E-state index contributed by atoms with van der Waals surface area (Å²) < 4.78 is 37.4. The Morgan fingerprint density at radius 1 is 1.07 bits per heavy atom. The lowest BCUT2D eigenvalue weighted by molar-refractivity contribution is -0.154. The number of rotatable bonds is 9. The van der Waals surface area contributed by atoms with Crippen LogP contribution in [0, 0.1) is 11.3 Å². The molecule has 0 spiro atoms. The van der Waals surface area contributed by atoms with E-state index in [1.807, 2.05) is 62.3 Å². The summed E-state index contributed by atoms with van der Waals surface area (Å²) in [5.74, 6) is -0.559. The fourth-order valence-corrected chi connectivity index (χ4v) is 3.69. The molecule has 27 heavy (non-hydrogen) atoms. The van der Waals surface area contributed by atoms with Crippen molar-refractivity contribution in [2.75, 3.05) is 19.4 Å². The Morgan fingerprint density at radius 2 is 1.56 bits per heavy atom. The van der Waals surface area contributed by atoms with Crippen molar-refractivity contribution in [1.82, 2.24) is 4.31 Å². The molecule has 0 bridgehead atoms. The van der Waals surface area contributed by atoms with Crippen molar-refractivity contribution in [3.63, 3.8) is 0 Å². The summed E-state index contributed by atoms with van der Waals surface area (Å²) in [6.07, 6.45) is 0.404. The van der Waals surface area contributed by atoms with E-state index < -0.39 is 33.7 Å². The highest BCUT2D eigenvalue weighted by Gasteiger charge is 2.34. The van der Waals surface area contributed by atoms with Crippen LogP contribution in [0.3, 0.4) is 0 Å². The monoisotopic (exact) mass is 408 g/mol. The second kappa shape index (κ2) is 9.67. The molecule has 3 atom stereocenters. The average molecular weight is 409 g/mol. The molecule has 0 aromatic heterocycles. The van der Waals surface area contributed by atoms with E-state index in [0.29, 0.717) is 0 Å². The Labute approximate surface area is 166 Å². The molecule has 0 aliphatic heterocycles. The van der Waals surface area contributed by atoms with Gasteiger partial charge in [-0.15, -0.1) is 0 Å². The predicted octanol–water partition coefficient (Wildman–Crippen LogP) is 2.39. The first-order chi connectivity index (χ1) is 11.9. The van der Waals surface area contributed by atoms with Gasteiger partial charge in [-0.3, -0.25) is 4.79 Å². The van der Waals surface area contributed by atoms with Crippen LogP contribution in [0.4, 0.5) is 0 Å². The standard InChI is InChI=1S/C19H40N2O5S/c1-13(2)16(20)17(22)25-12-15(26-14(3)18(4,5)6)11-21(19(7,8)9)27(10,23)24/h13-16H,11-12,20H2,1-10H3/t14-,15-,16+/m0/s1. The molecule has 2 N–H and O–H groups in total. The van der Waals surface area contributed by atoms with Gasteiger partial charge in [-0.1, -0.05) is 34.6 Å². The highest BCUT2D eigenvalue weighted by atomic mass is 32.2. The number of hydrogen-bond acceptors (Lipinski definition) is 6. The molecule has 0 saturated carbocycles. The highest BCUT2D eigenvalue weighted by Crippen LogP contribution is 2.25. The zero-order valence-electron chi connectivity index (χ0n) is 18.7. The van der Waals surface area contributed by atoms with E-state index in [1.54, 1.807) is 0 Å². The van der Waals surface area contributed by atoms with Crippen LogP contribution < -0.4 is 5.73 Å². The van der Waals surface area contributed by atoms with E-state index in [9.17, 15) is 13.2 Å². The zero-order valence-corrected chi connectivity index (χ0v) is 19.5. The Hall–Kier alpha value is -0.700. The molecule has 0 radical (unpaired) electrons. The van der Waals surface area contributed by atoms with Gasteiger partial charge < -0.3 is 15.2 Å². The largest absolute Gasteiger partial charge is 0.462 e. The summed E-state index contributed by atoms with van der Waals surface area (Å²) in [6.45, 7) is 17.2. The van der Waals surface area contributed by atoms with E-state index in [1.165, 1.54) is 10.6 Å². The molecular weight excluding hydrogens is 368 g/mol. The molecule has 0 aromatic carbocycles. The van der Waals surface area contributed by atoms with Crippen LogP contribution in [-0.4, -0.2) is 61.9 Å². The fraction of sp³-hybridized carbons (Fsp3) is 0.947. The number of carbonyl (C=O) groups is 1. The number of hydrogen-bond donors (Lipinski definition) is 1. The lowest BCUT2D eigenvalue weighted by Gasteiger charge is -2.38. The van der Waals surface area contributed by atoms with E-state index >= 15 is 0 Å². The van der Waals surface area contributed by atoms with Crippen LogP contribution in [-0.2, 0) is 24.3 Å². The first kappa shape index (κ1) is 26.3. The van der Waals surface area contributed by atoms with Gasteiger partial charge in [0.1, 0.15) is 18.8 Å². The molecule has 7 nitrogen and oxygen atoms in total. The van der Waals surface area contributed by atoms with Gasteiger partial charge in [0.15, 0.2) is 0 Å². The third-order valence-corrected chi connectivity index (χ3v) is 6.03. The van der Waals surface area contributed by atoms with Crippen molar-refractivity contribution < 1.29 is 22.7 Å². The number of nitrogens with two attached hydrogens (primary N) is 1. The molecule has 0 saturated heterocycles. The maximum Gasteiger partial charge on any atom is 0.323 e. The van der Waals surface area contributed by atoms with Crippen LogP contribution in [0.25, 0.3) is 0 Å². The molecule has 162 valence electrons. The number of nitrogens with zero attached hydrogens (tertiary/aromatic N) is 1. The topological polar surface area (TPSA) is 98.9 Å². The van der Waals surface area contributed by atoms with Crippen molar-refractivity contribution in [3.05, 3.63) is 0 Å². The van der Waals surface area contributed by atoms with Crippen LogP contribution >= 0.6 is 0 Å². The summed E-state index contributed by atoms with van der Waals surface area (Å²) in [5.41, 5.74) is 5.06. The van der Waals surface area contributed by atoms with Gasteiger partial charge in [0, 0.05) is 12.1 Å². The van der Waals surface area contributed by atoms with Crippen molar-refractivity contribution in [3.8, 4) is 0 Å². The van der Waals surface area contributed by atoms with Gasteiger partial charge in [-0.05, 0) is 39.0 Å². The third kappa shape index (κ3) is 9.36. The number of esters is 1. The minimum absolute atomic E-state index is 0.0486. The first-order valence-corrected chi connectivity index (χ1v) is 11.3. The quantitative estimate of drug-likeness (QED) is 0.588. The maximum atomic E-state index is 12.3. The van der Waals surface area contributed by atoms with Crippen LogP contribution in [0.15, 0.2) is 0 Å². The van der Waals surface area contributed by atoms with Gasteiger partial charge in [0.2, 0.25) is 10.0 Å². The maximum absolute atomic E-state index is 12.3. The molecule has 0 unspecified atom stereocenters. The molecule has 0 amide bonds. The SMILES string of the molecule is CC(C)[C@@H](N)C(=O)OC[C@H](CN(C(C)(C)C)S(C)(=O)=O)O[C@@H](C)C(C)(C)C. The second-order valence-electron chi connectivity index (χ2n) is 9.63. The summed E-state index contributed by atoms with van der Waals surface area (Å²) in [5, 5.41) is 0. The van der Waals surface area contributed by atoms with Crippen LogP contribution in [0.1, 0.15) is 62.3 Å². The molecule has 0 heterocycles. The summed E-state index contributed by atoms with van der Waals surface area (Å²) in [4.78, 5) is 12.1. The van der Waals surface area contributed by atoms with Gasteiger partial charge in [-0.25, -0.2) is 8.42 Å². The Morgan fingerprint density at radius 3 is 1.89 bits per heavy atom. The predicted molar refractivity (Wildman–Crippen MR) is 109 cm³/mol. The average Bonchev–Trinajstić information content (AvgIpc) is 2.44. The van der Waals surface area contributed by atoms with E-state index in [2.05, 4.69) is 0 Å². The Balaban J connectivity index is 5.44. The molecule has 0 rings (SSSR count). The van der Waals surface area contributed by atoms with E-state index in [0.717, 1.165) is 0 Å². The van der Waals surface area contributed by atoms with Gasteiger partial charge in [0.25, 0.3) is 0 Å². The first-order valence-electron chi connectivity index (χ1n) is 9.42. The van der Waals surface area contributed by atoms with Gasteiger partial charge >= 0.3 is 5.97 Å². The van der Waals surface area contributed by atoms with Crippen LogP contribution in [0.2, 0.25) is 0 Å². The lowest BCUT2D eigenvalue weighted by atomic mass is 9.90. The molecule has 0 aliphatic carbocycles. The molecule has 0 fully saturated rings. The third-order valence-electron chi connectivity index (χ3n) is 4.54. The van der Waals surface area contributed by atoms with Crippen molar-refractivity contribution in [2.45, 2.75) is 86.1 Å². The second-order valence-corrected chi connectivity index (χ2v) is 11.5. The minimum atomic E-state index is -3.47. The molecule has 0 aromatic rings. The van der Waals surface area contributed by atoms with Gasteiger partial charge in [-0.2, -0.15) is 4.31 Å². The van der Waals surface area contributed by atoms with Crippen molar-refractivity contribution in [2.24, 2.45) is 17.1 Å². The molecule has 8 heteroatoms. The van der Waals surface area contributed by atoms with Gasteiger partial charge in [0.05, 0.1) is 12.4 Å². The highest BCUT2D eigenvalue weighted by molar-refractivity contribution is 7.88. The Bertz CT molecular complexity index is 576. The van der Waals surface area contributed by atoms with Crippen molar-refractivity contribution in [1.29, 1.82) is 0 Å².